The topological polar surface area (TPSA) is 15.3 Å². The molecule has 1 aliphatic rings. The molecule has 3 heteroatoms. The van der Waals surface area contributed by atoms with Crippen molar-refractivity contribution in [3.8, 4) is 0 Å². The SMILES string of the molecule is CNC(CCN(C)C(C)C1CC1)c1cccc(F)c1. The van der Waals surface area contributed by atoms with Crippen LogP contribution in [0.2, 0.25) is 0 Å². The van der Waals surface area contributed by atoms with Crippen molar-refractivity contribution in [3.05, 3.63) is 35.6 Å². The summed E-state index contributed by atoms with van der Waals surface area (Å²) < 4.78 is 13.3. The van der Waals surface area contributed by atoms with E-state index in [9.17, 15) is 4.39 Å². The highest BCUT2D eigenvalue weighted by atomic mass is 19.1. The number of rotatable bonds is 7. The fourth-order valence-corrected chi connectivity index (χ4v) is 2.68. The van der Waals surface area contributed by atoms with Gasteiger partial charge in [-0.25, -0.2) is 4.39 Å². The lowest BCUT2D eigenvalue weighted by Gasteiger charge is -2.27. The molecule has 0 amide bonds. The average Bonchev–Trinajstić information content (AvgIpc) is 3.22. The van der Waals surface area contributed by atoms with Crippen LogP contribution in [-0.2, 0) is 0 Å². The predicted octanol–water partition coefficient (Wildman–Crippen LogP) is 3.21. The molecular formula is C16H25FN2. The molecule has 1 aromatic carbocycles. The normalized spacial score (nSPS) is 18.6. The Morgan fingerprint density at radius 3 is 2.74 bits per heavy atom. The van der Waals surface area contributed by atoms with Crippen molar-refractivity contribution < 1.29 is 4.39 Å². The van der Waals surface area contributed by atoms with Crippen molar-refractivity contribution in [2.75, 3.05) is 20.6 Å². The van der Waals surface area contributed by atoms with Gasteiger partial charge in [-0.2, -0.15) is 0 Å². The minimum absolute atomic E-state index is 0.155. The summed E-state index contributed by atoms with van der Waals surface area (Å²) >= 11 is 0. The number of nitrogens with one attached hydrogen (secondary N) is 1. The minimum Gasteiger partial charge on any atom is -0.313 e. The zero-order valence-corrected chi connectivity index (χ0v) is 12.2. The number of hydrogen-bond acceptors (Lipinski definition) is 2. The molecule has 1 N–H and O–H groups in total. The van der Waals surface area contributed by atoms with Gasteiger partial charge in [0.15, 0.2) is 0 Å². The third-order valence-corrected chi connectivity index (χ3v) is 4.37. The second kappa shape index (κ2) is 6.49. The zero-order chi connectivity index (χ0) is 13.8. The number of benzene rings is 1. The summed E-state index contributed by atoms with van der Waals surface area (Å²) in [6.45, 7) is 3.36. The molecular weight excluding hydrogens is 239 g/mol. The molecule has 0 aliphatic heterocycles. The Morgan fingerprint density at radius 2 is 2.16 bits per heavy atom. The van der Waals surface area contributed by atoms with Crippen LogP contribution in [0.1, 0.15) is 37.8 Å². The predicted molar refractivity (Wildman–Crippen MR) is 77.6 cm³/mol. The second-order valence-electron chi connectivity index (χ2n) is 5.74. The third kappa shape index (κ3) is 4.02. The summed E-state index contributed by atoms with van der Waals surface area (Å²) in [5, 5.41) is 3.29. The van der Waals surface area contributed by atoms with Crippen LogP contribution in [-0.4, -0.2) is 31.6 Å². The zero-order valence-electron chi connectivity index (χ0n) is 12.2. The van der Waals surface area contributed by atoms with Gasteiger partial charge in [-0.05, 0) is 70.4 Å². The van der Waals surface area contributed by atoms with E-state index in [1.54, 1.807) is 12.1 Å². The van der Waals surface area contributed by atoms with Gasteiger partial charge in [0.25, 0.3) is 0 Å². The van der Waals surface area contributed by atoms with Crippen molar-refractivity contribution in [2.24, 2.45) is 5.92 Å². The lowest BCUT2D eigenvalue weighted by atomic mass is 10.0. The first-order valence-corrected chi connectivity index (χ1v) is 7.24. The summed E-state index contributed by atoms with van der Waals surface area (Å²) in [6, 6.07) is 7.80. The molecule has 0 aromatic heterocycles. The molecule has 1 aromatic rings. The van der Waals surface area contributed by atoms with Crippen LogP contribution in [0.3, 0.4) is 0 Å². The molecule has 0 radical (unpaired) electrons. The molecule has 1 aliphatic carbocycles. The highest BCUT2D eigenvalue weighted by Gasteiger charge is 2.30. The van der Waals surface area contributed by atoms with Gasteiger partial charge in [0.2, 0.25) is 0 Å². The number of nitrogens with zero attached hydrogens (tertiary/aromatic N) is 1. The lowest BCUT2D eigenvalue weighted by molar-refractivity contribution is 0.223. The first-order valence-electron chi connectivity index (χ1n) is 7.24. The largest absolute Gasteiger partial charge is 0.313 e. The van der Waals surface area contributed by atoms with E-state index >= 15 is 0 Å². The standard InChI is InChI=1S/C16H25FN2/c1-12(13-7-8-13)19(3)10-9-16(18-2)14-5-4-6-15(17)11-14/h4-6,11-13,16,18H,7-10H2,1-3H3. The summed E-state index contributed by atoms with van der Waals surface area (Å²) in [5.74, 6) is 0.740. The van der Waals surface area contributed by atoms with Gasteiger partial charge >= 0.3 is 0 Å². The number of hydrogen-bond donors (Lipinski definition) is 1. The van der Waals surface area contributed by atoms with Gasteiger partial charge in [0, 0.05) is 12.1 Å². The van der Waals surface area contributed by atoms with Crippen LogP contribution in [0.25, 0.3) is 0 Å². The molecule has 19 heavy (non-hydrogen) atoms. The van der Waals surface area contributed by atoms with E-state index in [1.807, 2.05) is 13.1 Å². The van der Waals surface area contributed by atoms with Gasteiger partial charge in [0.1, 0.15) is 5.82 Å². The highest BCUT2D eigenvalue weighted by Crippen LogP contribution is 2.34. The van der Waals surface area contributed by atoms with Gasteiger partial charge in [-0.15, -0.1) is 0 Å². The Kier molecular flexibility index (Phi) is 4.94. The molecule has 2 nitrogen and oxygen atoms in total. The van der Waals surface area contributed by atoms with Crippen molar-refractivity contribution in [3.63, 3.8) is 0 Å². The minimum atomic E-state index is -0.155. The maximum Gasteiger partial charge on any atom is 0.123 e. The maximum atomic E-state index is 13.3. The Hall–Kier alpha value is -0.930. The van der Waals surface area contributed by atoms with Crippen molar-refractivity contribution in [1.29, 1.82) is 0 Å². The molecule has 0 heterocycles. The van der Waals surface area contributed by atoms with E-state index < -0.39 is 0 Å². The van der Waals surface area contributed by atoms with Crippen LogP contribution < -0.4 is 5.32 Å². The lowest BCUT2D eigenvalue weighted by Crippen LogP contribution is -2.33. The van der Waals surface area contributed by atoms with E-state index in [1.165, 1.54) is 18.9 Å². The Labute approximate surface area is 116 Å². The van der Waals surface area contributed by atoms with Gasteiger partial charge in [-0.1, -0.05) is 12.1 Å². The van der Waals surface area contributed by atoms with E-state index in [0.29, 0.717) is 6.04 Å². The fourth-order valence-electron chi connectivity index (χ4n) is 2.68. The van der Waals surface area contributed by atoms with E-state index in [4.69, 9.17) is 0 Å². The average molecular weight is 264 g/mol. The molecule has 0 bridgehead atoms. The first-order chi connectivity index (χ1) is 9.11. The number of halogens is 1. The van der Waals surface area contributed by atoms with Crippen LogP contribution in [0.4, 0.5) is 4.39 Å². The quantitative estimate of drug-likeness (QED) is 0.813. The Bertz CT molecular complexity index is 403. The van der Waals surface area contributed by atoms with E-state index in [0.717, 1.165) is 24.4 Å². The smallest absolute Gasteiger partial charge is 0.123 e. The monoisotopic (exact) mass is 264 g/mol. The Balaban J connectivity index is 1.88. The maximum absolute atomic E-state index is 13.3. The molecule has 2 rings (SSSR count). The molecule has 1 fully saturated rings. The first kappa shape index (κ1) is 14.5. The van der Waals surface area contributed by atoms with E-state index in [-0.39, 0.29) is 11.9 Å². The molecule has 0 spiro atoms. The summed E-state index contributed by atoms with van der Waals surface area (Å²) in [4.78, 5) is 2.43. The van der Waals surface area contributed by atoms with Gasteiger partial charge < -0.3 is 10.2 Å². The summed E-state index contributed by atoms with van der Waals surface area (Å²) in [5.41, 5.74) is 1.04. The molecule has 0 saturated heterocycles. The van der Waals surface area contributed by atoms with Gasteiger partial charge in [0.05, 0.1) is 0 Å². The highest BCUT2D eigenvalue weighted by molar-refractivity contribution is 5.20. The van der Waals surface area contributed by atoms with Crippen LogP contribution in [0, 0.1) is 11.7 Å². The molecule has 106 valence electrons. The van der Waals surface area contributed by atoms with Crippen LogP contribution in [0.5, 0.6) is 0 Å². The Morgan fingerprint density at radius 1 is 1.42 bits per heavy atom. The summed E-state index contributed by atoms with van der Waals surface area (Å²) in [6.07, 6.45) is 3.77. The fraction of sp³-hybridized carbons (Fsp3) is 0.625. The third-order valence-electron chi connectivity index (χ3n) is 4.37. The molecule has 2 atom stereocenters. The van der Waals surface area contributed by atoms with E-state index in [2.05, 4.69) is 24.2 Å². The summed E-state index contributed by atoms with van der Waals surface area (Å²) in [7, 11) is 4.14. The molecule has 1 saturated carbocycles. The van der Waals surface area contributed by atoms with Gasteiger partial charge in [-0.3, -0.25) is 0 Å². The van der Waals surface area contributed by atoms with Crippen molar-refractivity contribution in [1.82, 2.24) is 10.2 Å². The van der Waals surface area contributed by atoms with Crippen LogP contribution in [0.15, 0.2) is 24.3 Å². The van der Waals surface area contributed by atoms with Crippen LogP contribution >= 0.6 is 0 Å². The van der Waals surface area contributed by atoms with Crippen molar-refractivity contribution in [2.45, 2.75) is 38.3 Å². The molecule has 2 unspecified atom stereocenters. The van der Waals surface area contributed by atoms with Crippen molar-refractivity contribution >= 4 is 0 Å². The second-order valence-corrected chi connectivity index (χ2v) is 5.74.